The standard InChI is InChI=1S/C10H14N2O2.C8H10N2O2/c1-12-8-4-2-7(3-5-8)6-9(11)10(13)14;9-7(8(11)12)5-6-3-1-2-4-10-6/h2-5,9,12H,6,11H2,1H3,(H,13,14);1-4,7H,5,9H2,(H,11,12)/t9-;/m0./s1. The van der Waals surface area contributed by atoms with Crippen LogP contribution in [0.15, 0.2) is 48.7 Å². The summed E-state index contributed by atoms with van der Waals surface area (Å²) in [4.78, 5) is 24.8. The van der Waals surface area contributed by atoms with Gasteiger partial charge in [0.25, 0.3) is 0 Å². The number of aromatic nitrogens is 1. The minimum absolute atomic E-state index is 0.274. The number of carbonyl (C=O) groups is 2. The molecule has 0 amide bonds. The van der Waals surface area contributed by atoms with Gasteiger partial charge in [-0.25, -0.2) is 0 Å². The predicted octanol–water partition coefficient (Wildman–Crippen LogP) is 0.719. The van der Waals surface area contributed by atoms with E-state index in [1.807, 2.05) is 31.3 Å². The van der Waals surface area contributed by atoms with Gasteiger partial charge < -0.3 is 27.0 Å². The Bertz CT molecular complexity index is 692. The monoisotopic (exact) mass is 360 g/mol. The quantitative estimate of drug-likeness (QED) is 0.484. The number of nitrogens with zero attached hydrogens (tertiary/aromatic N) is 1. The molecule has 1 unspecified atom stereocenters. The molecule has 1 aromatic carbocycles. The number of benzene rings is 1. The first-order valence-electron chi connectivity index (χ1n) is 7.96. The molecule has 0 aliphatic rings. The van der Waals surface area contributed by atoms with Crippen molar-refractivity contribution in [3.05, 3.63) is 59.9 Å². The molecule has 0 saturated carbocycles. The molecule has 0 radical (unpaired) electrons. The van der Waals surface area contributed by atoms with Gasteiger partial charge >= 0.3 is 11.9 Å². The summed E-state index contributed by atoms with van der Waals surface area (Å²) in [5.41, 5.74) is 13.3. The van der Waals surface area contributed by atoms with Gasteiger partial charge in [0.15, 0.2) is 0 Å². The molecule has 0 spiro atoms. The van der Waals surface area contributed by atoms with Gasteiger partial charge in [0.05, 0.1) is 0 Å². The fraction of sp³-hybridized carbons (Fsp3) is 0.278. The van der Waals surface area contributed by atoms with Crippen LogP contribution in [0.3, 0.4) is 0 Å². The number of hydrogen-bond acceptors (Lipinski definition) is 6. The third-order valence-electron chi connectivity index (χ3n) is 3.49. The topological polar surface area (TPSA) is 152 Å². The van der Waals surface area contributed by atoms with Crippen LogP contribution in [-0.2, 0) is 22.4 Å². The van der Waals surface area contributed by atoms with Crippen LogP contribution in [0.1, 0.15) is 11.3 Å². The zero-order valence-corrected chi connectivity index (χ0v) is 14.5. The minimum Gasteiger partial charge on any atom is -0.480 e. The van der Waals surface area contributed by atoms with Gasteiger partial charge in [-0.3, -0.25) is 14.6 Å². The summed E-state index contributed by atoms with van der Waals surface area (Å²) in [7, 11) is 1.83. The summed E-state index contributed by atoms with van der Waals surface area (Å²) >= 11 is 0. The molecule has 1 heterocycles. The maximum Gasteiger partial charge on any atom is 0.320 e. The Morgan fingerprint density at radius 1 is 1.00 bits per heavy atom. The van der Waals surface area contributed by atoms with Crippen molar-refractivity contribution in [2.45, 2.75) is 24.9 Å². The lowest BCUT2D eigenvalue weighted by atomic mass is 10.1. The van der Waals surface area contributed by atoms with Gasteiger partial charge in [-0.2, -0.15) is 0 Å². The molecule has 1 aromatic heterocycles. The molecule has 2 rings (SSSR count). The van der Waals surface area contributed by atoms with Crippen molar-refractivity contribution in [2.75, 3.05) is 12.4 Å². The predicted molar refractivity (Wildman–Crippen MR) is 98.9 cm³/mol. The van der Waals surface area contributed by atoms with Crippen molar-refractivity contribution in [2.24, 2.45) is 11.5 Å². The Morgan fingerprint density at radius 2 is 1.58 bits per heavy atom. The van der Waals surface area contributed by atoms with Crippen molar-refractivity contribution < 1.29 is 19.8 Å². The van der Waals surface area contributed by atoms with Gasteiger partial charge in [0.1, 0.15) is 12.1 Å². The summed E-state index contributed by atoms with van der Waals surface area (Å²) in [5, 5.41) is 20.1. The molecule has 2 aromatic rings. The number of rotatable bonds is 7. The molecular weight excluding hydrogens is 336 g/mol. The Morgan fingerprint density at radius 3 is 2.04 bits per heavy atom. The highest BCUT2D eigenvalue weighted by Crippen LogP contribution is 2.09. The van der Waals surface area contributed by atoms with Gasteiger partial charge in [-0.15, -0.1) is 0 Å². The van der Waals surface area contributed by atoms with E-state index in [0.717, 1.165) is 11.3 Å². The van der Waals surface area contributed by atoms with E-state index in [-0.39, 0.29) is 6.42 Å². The van der Waals surface area contributed by atoms with Crippen molar-refractivity contribution in [3.63, 3.8) is 0 Å². The Balaban J connectivity index is 0.000000263. The molecule has 8 heteroatoms. The van der Waals surface area contributed by atoms with Crippen molar-refractivity contribution in [1.29, 1.82) is 0 Å². The van der Waals surface area contributed by atoms with Crippen LogP contribution in [0.2, 0.25) is 0 Å². The largest absolute Gasteiger partial charge is 0.480 e. The van der Waals surface area contributed by atoms with E-state index in [2.05, 4.69) is 10.3 Å². The molecule has 0 saturated heterocycles. The minimum atomic E-state index is -0.999. The van der Waals surface area contributed by atoms with E-state index in [0.29, 0.717) is 12.1 Å². The highest BCUT2D eigenvalue weighted by molar-refractivity contribution is 5.73. The summed E-state index contributed by atoms with van der Waals surface area (Å²) < 4.78 is 0. The second-order valence-electron chi connectivity index (χ2n) is 5.57. The van der Waals surface area contributed by atoms with Crippen LogP contribution >= 0.6 is 0 Å². The van der Waals surface area contributed by atoms with Crippen molar-refractivity contribution in [3.8, 4) is 0 Å². The van der Waals surface area contributed by atoms with E-state index in [4.69, 9.17) is 21.7 Å². The fourth-order valence-corrected chi connectivity index (χ4v) is 1.98. The van der Waals surface area contributed by atoms with Crippen LogP contribution in [0.5, 0.6) is 0 Å². The fourth-order valence-electron chi connectivity index (χ4n) is 1.98. The number of anilines is 1. The van der Waals surface area contributed by atoms with E-state index in [1.54, 1.807) is 24.4 Å². The normalized spacial score (nSPS) is 12.3. The zero-order chi connectivity index (χ0) is 19.5. The summed E-state index contributed by atoms with van der Waals surface area (Å²) in [6, 6.07) is 11.2. The Labute approximate surface area is 151 Å². The smallest absolute Gasteiger partial charge is 0.320 e. The lowest BCUT2D eigenvalue weighted by Gasteiger charge is -2.07. The van der Waals surface area contributed by atoms with Crippen LogP contribution in [0.4, 0.5) is 5.69 Å². The molecular formula is C18H24N4O4. The first kappa shape index (κ1) is 21.1. The number of hydrogen-bond donors (Lipinski definition) is 5. The molecule has 0 fully saturated rings. The number of carboxylic acid groups (broad SMARTS) is 2. The van der Waals surface area contributed by atoms with E-state index < -0.39 is 24.0 Å². The van der Waals surface area contributed by atoms with E-state index in [9.17, 15) is 9.59 Å². The number of carboxylic acids is 2. The average Bonchev–Trinajstić information content (AvgIpc) is 2.63. The Hall–Kier alpha value is -2.97. The molecule has 0 aliphatic heterocycles. The van der Waals surface area contributed by atoms with Crippen LogP contribution in [0.25, 0.3) is 0 Å². The van der Waals surface area contributed by atoms with Crippen molar-refractivity contribution in [1.82, 2.24) is 4.98 Å². The Kier molecular flexibility index (Phi) is 8.76. The molecule has 0 aliphatic carbocycles. The maximum atomic E-state index is 10.5. The third kappa shape index (κ3) is 7.73. The molecule has 2 atom stereocenters. The number of aliphatic carboxylic acids is 2. The number of nitrogens with two attached hydrogens (primary N) is 2. The average molecular weight is 360 g/mol. The second-order valence-corrected chi connectivity index (χ2v) is 5.57. The molecule has 7 N–H and O–H groups in total. The van der Waals surface area contributed by atoms with Crippen LogP contribution in [-0.4, -0.2) is 46.3 Å². The summed E-state index contributed by atoms with van der Waals surface area (Å²) in [5.74, 6) is -1.97. The van der Waals surface area contributed by atoms with Crippen LogP contribution < -0.4 is 16.8 Å². The highest BCUT2D eigenvalue weighted by Gasteiger charge is 2.12. The van der Waals surface area contributed by atoms with E-state index >= 15 is 0 Å². The summed E-state index contributed by atoms with van der Waals surface area (Å²) in [6.07, 6.45) is 2.25. The van der Waals surface area contributed by atoms with Gasteiger partial charge in [0, 0.05) is 31.0 Å². The number of nitrogens with one attached hydrogen (secondary N) is 1. The van der Waals surface area contributed by atoms with E-state index in [1.165, 1.54) is 0 Å². The van der Waals surface area contributed by atoms with Crippen molar-refractivity contribution >= 4 is 17.6 Å². The molecule has 0 bridgehead atoms. The van der Waals surface area contributed by atoms with Crippen LogP contribution in [0, 0.1) is 0 Å². The summed E-state index contributed by atoms with van der Waals surface area (Å²) in [6.45, 7) is 0. The lowest BCUT2D eigenvalue weighted by molar-refractivity contribution is -0.139. The molecule has 8 nitrogen and oxygen atoms in total. The van der Waals surface area contributed by atoms with Gasteiger partial charge in [-0.05, 0) is 36.2 Å². The maximum absolute atomic E-state index is 10.5. The SMILES string of the molecule is CNc1ccc(C[C@H](N)C(=O)O)cc1.NC(Cc1ccccn1)C(=O)O. The second kappa shape index (κ2) is 10.8. The molecule has 140 valence electrons. The number of pyridine rings is 1. The first-order chi connectivity index (χ1) is 12.3. The first-order valence-corrected chi connectivity index (χ1v) is 7.96. The van der Waals surface area contributed by atoms with Gasteiger partial charge in [0.2, 0.25) is 0 Å². The highest BCUT2D eigenvalue weighted by atomic mass is 16.4. The molecule has 26 heavy (non-hydrogen) atoms. The lowest BCUT2D eigenvalue weighted by Crippen LogP contribution is -2.32. The van der Waals surface area contributed by atoms with Gasteiger partial charge in [-0.1, -0.05) is 18.2 Å². The zero-order valence-electron chi connectivity index (χ0n) is 14.5. The third-order valence-corrected chi connectivity index (χ3v) is 3.49.